The summed E-state index contributed by atoms with van der Waals surface area (Å²) in [6.07, 6.45) is 4.41. The maximum absolute atomic E-state index is 13.1. The predicted octanol–water partition coefficient (Wildman–Crippen LogP) is 4.40. The Labute approximate surface area is 160 Å². The molecule has 0 aliphatic carbocycles. The molecule has 1 aromatic carbocycles. The molecule has 0 bridgehead atoms. The molecule has 0 saturated heterocycles. The van der Waals surface area contributed by atoms with Crippen molar-refractivity contribution in [3.8, 4) is 0 Å². The predicted molar refractivity (Wildman–Crippen MR) is 105 cm³/mol. The molecular formula is C20H18N4O2S. The van der Waals surface area contributed by atoms with Crippen LogP contribution in [0.15, 0.2) is 53.3 Å². The van der Waals surface area contributed by atoms with Crippen LogP contribution in [-0.2, 0) is 13.0 Å². The van der Waals surface area contributed by atoms with E-state index in [1.165, 1.54) is 16.9 Å². The summed E-state index contributed by atoms with van der Waals surface area (Å²) >= 11 is 1.50. The van der Waals surface area contributed by atoms with Crippen LogP contribution in [0.2, 0.25) is 0 Å². The van der Waals surface area contributed by atoms with Crippen molar-refractivity contribution in [2.75, 3.05) is 4.90 Å². The van der Waals surface area contributed by atoms with Crippen molar-refractivity contribution in [1.29, 1.82) is 0 Å². The van der Waals surface area contributed by atoms with E-state index in [1.54, 1.807) is 30.3 Å². The number of fused-ring (bicyclic) bond motifs is 1. The zero-order valence-corrected chi connectivity index (χ0v) is 15.9. The van der Waals surface area contributed by atoms with Crippen molar-refractivity contribution in [3.05, 3.63) is 71.4 Å². The minimum atomic E-state index is -0.245. The van der Waals surface area contributed by atoms with Gasteiger partial charge in [0.1, 0.15) is 5.76 Å². The third kappa shape index (κ3) is 3.59. The van der Waals surface area contributed by atoms with Crippen LogP contribution in [0.1, 0.15) is 34.3 Å². The van der Waals surface area contributed by atoms with Gasteiger partial charge in [0.15, 0.2) is 10.8 Å². The molecule has 1 amide bonds. The lowest BCUT2D eigenvalue weighted by Crippen LogP contribution is -2.30. The molecule has 0 radical (unpaired) electrons. The number of carbonyl (C=O) groups excluding carboxylic acids is 1. The largest absolute Gasteiger partial charge is 0.361 e. The third-order valence-corrected chi connectivity index (χ3v) is 5.28. The van der Waals surface area contributed by atoms with E-state index in [0.717, 1.165) is 22.2 Å². The van der Waals surface area contributed by atoms with E-state index in [2.05, 4.69) is 34.2 Å². The smallest absolute Gasteiger partial charge is 0.282 e. The molecule has 136 valence electrons. The van der Waals surface area contributed by atoms with E-state index in [4.69, 9.17) is 4.52 Å². The quantitative estimate of drug-likeness (QED) is 0.515. The fourth-order valence-corrected chi connectivity index (χ4v) is 3.83. The molecule has 4 rings (SSSR count). The number of aromatic nitrogens is 3. The van der Waals surface area contributed by atoms with Crippen molar-refractivity contribution < 1.29 is 9.32 Å². The lowest BCUT2D eigenvalue weighted by molar-refractivity contribution is 0.0976. The Morgan fingerprint density at radius 1 is 1.22 bits per heavy atom. The molecule has 0 aliphatic rings. The highest BCUT2D eigenvalue weighted by Gasteiger charge is 2.24. The summed E-state index contributed by atoms with van der Waals surface area (Å²) in [5.41, 5.74) is 3.31. The molecular weight excluding hydrogens is 360 g/mol. The van der Waals surface area contributed by atoms with E-state index >= 15 is 0 Å². The first-order valence-electron chi connectivity index (χ1n) is 8.67. The van der Waals surface area contributed by atoms with Gasteiger partial charge in [-0.15, -0.1) is 0 Å². The first-order chi connectivity index (χ1) is 13.1. The first-order valence-corrected chi connectivity index (χ1v) is 9.49. The number of carbonyl (C=O) groups is 1. The number of aryl methyl sites for hydroxylation is 2. The van der Waals surface area contributed by atoms with Crippen LogP contribution < -0.4 is 4.90 Å². The lowest BCUT2D eigenvalue weighted by atomic mass is 10.2. The zero-order valence-electron chi connectivity index (χ0n) is 15.0. The Morgan fingerprint density at radius 2 is 2.11 bits per heavy atom. The third-order valence-electron chi connectivity index (χ3n) is 4.24. The second-order valence-corrected chi connectivity index (χ2v) is 7.24. The van der Waals surface area contributed by atoms with Crippen molar-refractivity contribution in [2.45, 2.75) is 26.8 Å². The molecule has 0 fully saturated rings. The Balaban J connectivity index is 1.75. The molecule has 7 heteroatoms. The molecule has 27 heavy (non-hydrogen) atoms. The summed E-state index contributed by atoms with van der Waals surface area (Å²) < 4.78 is 6.14. The molecule has 0 atom stereocenters. The number of rotatable bonds is 5. The summed E-state index contributed by atoms with van der Waals surface area (Å²) in [6.45, 7) is 4.24. The van der Waals surface area contributed by atoms with Gasteiger partial charge in [-0.2, -0.15) is 0 Å². The highest BCUT2D eigenvalue weighted by Crippen LogP contribution is 2.31. The monoisotopic (exact) mass is 378 g/mol. The minimum Gasteiger partial charge on any atom is -0.361 e. The van der Waals surface area contributed by atoms with Crippen molar-refractivity contribution in [3.63, 3.8) is 0 Å². The number of hydrogen-bond acceptors (Lipinski definition) is 6. The van der Waals surface area contributed by atoms with Gasteiger partial charge in [0.05, 0.1) is 16.8 Å². The SMILES string of the molecule is CCc1ccc2nc(N(Cc3cccnc3)C(=O)c3cc(C)on3)sc2c1. The van der Waals surface area contributed by atoms with Crippen molar-refractivity contribution in [1.82, 2.24) is 15.1 Å². The fraction of sp³-hybridized carbons (Fsp3) is 0.200. The van der Waals surface area contributed by atoms with Gasteiger partial charge >= 0.3 is 0 Å². The summed E-state index contributed by atoms with van der Waals surface area (Å²) in [5, 5.41) is 4.51. The van der Waals surface area contributed by atoms with Crippen molar-refractivity contribution in [2.24, 2.45) is 0 Å². The standard InChI is InChI=1S/C20H18N4O2S/c1-3-14-6-7-16-18(10-14)27-20(22-16)24(12-15-5-4-8-21-11-15)19(25)17-9-13(2)26-23-17/h4-11H,3,12H2,1-2H3. The summed E-state index contributed by atoms with van der Waals surface area (Å²) in [6, 6.07) is 11.6. The highest BCUT2D eigenvalue weighted by atomic mass is 32.1. The number of nitrogens with zero attached hydrogens (tertiary/aromatic N) is 4. The summed E-state index contributed by atoms with van der Waals surface area (Å²) in [5.74, 6) is 0.349. The lowest BCUT2D eigenvalue weighted by Gasteiger charge is -2.18. The topological polar surface area (TPSA) is 72.1 Å². The fourth-order valence-electron chi connectivity index (χ4n) is 2.80. The number of pyridine rings is 1. The molecule has 0 N–H and O–H groups in total. The minimum absolute atomic E-state index is 0.245. The Kier molecular flexibility index (Phi) is 4.68. The van der Waals surface area contributed by atoms with Crippen LogP contribution in [0.4, 0.5) is 5.13 Å². The van der Waals surface area contributed by atoms with E-state index in [1.807, 2.05) is 18.2 Å². The van der Waals surface area contributed by atoms with Gasteiger partial charge in [0.25, 0.3) is 5.91 Å². The van der Waals surface area contributed by atoms with Gasteiger partial charge in [0, 0.05) is 18.5 Å². The second kappa shape index (κ2) is 7.28. The average Bonchev–Trinajstić information content (AvgIpc) is 3.31. The van der Waals surface area contributed by atoms with Gasteiger partial charge in [-0.3, -0.25) is 14.7 Å². The van der Waals surface area contributed by atoms with Gasteiger partial charge in [-0.25, -0.2) is 4.98 Å². The number of anilines is 1. The first kappa shape index (κ1) is 17.4. The van der Waals surface area contributed by atoms with E-state index in [0.29, 0.717) is 17.4 Å². The maximum atomic E-state index is 13.1. The van der Waals surface area contributed by atoms with Crippen LogP contribution in [0.3, 0.4) is 0 Å². The number of thiazole rings is 1. The van der Waals surface area contributed by atoms with Crippen molar-refractivity contribution >= 4 is 32.6 Å². The van der Waals surface area contributed by atoms with Gasteiger partial charge < -0.3 is 4.52 Å². The molecule has 0 unspecified atom stereocenters. The average molecular weight is 378 g/mol. The molecule has 0 aliphatic heterocycles. The number of hydrogen-bond donors (Lipinski definition) is 0. The molecule has 6 nitrogen and oxygen atoms in total. The Hall–Kier alpha value is -3.06. The normalized spacial score (nSPS) is 11.0. The van der Waals surface area contributed by atoms with Crippen LogP contribution in [0.25, 0.3) is 10.2 Å². The Morgan fingerprint density at radius 3 is 2.81 bits per heavy atom. The zero-order chi connectivity index (χ0) is 18.8. The molecule has 3 aromatic heterocycles. The number of amides is 1. The van der Waals surface area contributed by atoms with E-state index < -0.39 is 0 Å². The van der Waals surface area contributed by atoms with Crippen LogP contribution in [0.5, 0.6) is 0 Å². The van der Waals surface area contributed by atoms with E-state index in [-0.39, 0.29) is 11.6 Å². The summed E-state index contributed by atoms with van der Waals surface area (Å²) in [7, 11) is 0. The Bertz CT molecular complexity index is 1090. The molecule has 4 aromatic rings. The molecule has 3 heterocycles. The van der Waals surface area contributed by atoms with E-state index in [9.17, 15) is 4.79 Å². The second-order valence-electron chi connectivity index (χ2n) is 6.23. The van der Waals surface area contributed by atoms with Crippen LogP contribution in [-0.4, -0.2) is 21.0 Å². The van der Waals surface area contributed by atoms with Gasteiger partial charge in [-0.05, 0) is 42.7 Å². The van der Waals surface area contributed by atoms with Crippen LogP contribution >= 0.6 is 11.3 Å². The van der Waals surface area contributed by atoms with Gasteiger partial charge in [-0.1, -0.05) is 35.5 Å². The molecule has 0 saturated carbocycles. The summed E-state index contributed by atoms with van der Waals surface area (Å²) in [4.78, 5) is 23.6. The molecule has 0 spiro atoms. The number of benzene rings is 1. The van der Waals surface area contributed by atoms with Crippen LogP contribution in [0, 0.1) is 6.92 Å². The highest BCUT2D eigenvalue weighted by molar-refractivity contribution is 7.22. The van der Waals surface area contributed by atoms with Gasteiger partial charge in [0.2, 0.25) is 0 Å². The maximum Gasteiger partial charge on any atom is 0.282 e.